The van der Waals surface area contributed by atoms with Crippen molar-refractivity contribution >= 4 is 17.3 Å². The van der Waals surface area contributed by atoms with Gasteiger partial charge in [0.1, 0.15) is 6.26 Å². The zero-order valence-electron chi connectivity index (χ0n) is 15.2. The Labute approximate surface area is 161 Å². The van der Waals surface area contributed by atoms with Crippen LogP contribution in [-0.2, 0) is 4.74 Å². The van der Waals surface area contributed by atoms with E-state index < -0.39 is 11.7 Å². The van der Waals surface area contributed by atoms with Gasteiger partial charge in [-0.05, 0) is 47.9 Å². The fourth-order valence-electron chi connectivity index (χ4n) is 3.05. The second kappa shape index (κ2) is 7.52. The molecule has 0 radical (unpaired) electrons. The molecule has 2 N–H and O–H groups in total. The minimum Gasteiger partial charge on any atom is -0.479 e. The van der Waals surface area contributed by atoms with E-state index in [0.29, 0.717) is 12.4 Å². The Morgan fingerprint density at radius 2 is 1.93 bits per heavy atom. The van der Waals surface area contributed by atoms with Crippen molar-refractivity contribution in [3.8, 4) is 11.1 Å². The molecule has 0 saturated carbocycles. The monoisotopic (exact) mass is 375 g/mol. The molecule has 1 aliphatic heterocycles. The quantitative estimate of drug-likeness (QED) is 0.713. The summed E-state index contributed by atoms with van der Waals surface area (Å²) in [7, 11) is 0. The smallest absolute Gasteiger partial charge is 0.258 e. The highest BCUT2D eigenvalue weighted by Gasteiger charge is 2.13. The lowest BCUT2D eigenvalue weighted by atomic mass is 9.97. The number of nitrogens with one attached hydrogen (secondary N) is 2. The van der Waals surface area contributed by atoms with Crippen molar-refractivity contribution in [1.29, 1.82) is 0 Å². The van der Waals surface area contributed by atoms with Crippen LogP contribution in [0.1, 0.15) is 21.5 Å². The molecule has 28 heavy (non-hydrogen) atoms. The van der Waals surface area contributed by atoms with Gasteiger partial charge >= 0.3 is 0 Å². The Balaban J connectivity index is 1.56. The van der Waals surface area contributed by atoms with E-state index in [-0.39, 0.29) is 5.56 Å². The summed E-state index contributed by atoms with van der Waals surface area (Å²) < 4.78 is 18.9. The van der Waals surface area contributed by atoms with Crippen LogP contribution < -0.4 is 10.6 Å². The third kappa shape index (κ3) is 3.57. The average Bonchev–Trinajstić information content (AvgIpc) is 3.24. The zero-order chi connectivity index (χ0) is 19.5. The SMILES string of the molecule is Cc1ccc(C2=COCN2)cc1-c1ccc(NC(=O)c2ccncc2F)cc1. The average molecular weight is 375 g/mol. The molecule has 3 aromatic rings. The lowest BCUT2D eigenvalue weighted by molar-refractivity contribution is 0.102. The number of halogens is 1. The van der Waals surface area contributed by atoms with Gasteiger partial charge in [-0.15, -0.1) is 0 Å². The van der Waals surface area contributed by atoms with Gasteiger partial charge < -0.3 is 15.4 Å². The summed E-state index contributed by atoms with van der Waals surface area (Å²) >= 11 is 0. The zero-order valence-corrected chi connectivity index (χ0v) is 15.2. The van der Waals surface area contributed by atoms with Crippen molar-refractivity contribution < 1.29 is 13.9 Å². The number of hydrogen-bond donors (Lipinski definition) is 2. The summed E-state index contributed by atoms with van der Waals surface area (Å²) in [6.45, 7) is 2.53. The van der Waals surface area contributed by atoms with Gasteiger partial charge in [0, 0.05) is 17.4 Å². The number of nitrogens with zero attached hydrogens (tertiary/aromatic N) is 1. The molecule has 0 saturated heterocycles. The molecule has 1 aromatic heterocycles. The summed E-state index contributed by atoms with van der Waals surface area (Å²) in [5.74, 6) is -1.16. The number of aryl methyl sites for hydroxylation is 1. The van der Waals surface area contributed by atoms with Crippen molar-refractivity contribution in [2.75, 3.05) is 12.0 Å². The minimum absolute atomic E-state index is 0.0396. The number of ether oxygens (including phenoxy) is 1. The number of rotatable bonds is 4. The third-order valence-corrected chi connectivity index (χ3v) is 4.57. The number of carbonyl (C=O) groups excluding carboxylic acids is 1. The van der Waals surface area contributed by atoms with E-state index in [1.165, 1.54) is 12.3 Å². The fourth-order valence-corrected chi connectivity index (χ4v) is 3.05. The molecule has 0 bridgehead atoms. The Morgan fingerprint density at radius 1 is 1.14 bits per heavy atom. The number of hydrogen-bond acceptors (Lipinski definition) is 4. The number of aromatic nitrogens is 1. The molecule has 0 atom stereocenters. The van der Waals surface area contributed by atoms with Crippen LogP contribution in [0, 0.1) is 12.7 Å². The van der Waals surface area contributed by atoms with E-state index in [2.05, 4.69) is 27.8 Å². The van der Waals surface area contributed by atoms with Gasteiger partial charge in [-0.25, -0.2) is 4.39 Å². The van der Waals surface area contributed by atoms with E-state index >= 15 is 0 Å². The predicted molar refractivity (Wildman–Crippen MR) is 106 cm³/mol. The van der Waals surface area contributed by atoms with Gasteiger partial charge in [-0.2, -0.15) is 0 Å². The van der Waals surface area contributed by atoms with Crippen LogP contribution >= 0.6 is 0 Å². The maximum absolute atomic E-state index is 13.7. The van der Waals surface area contributed by atoms with Gasteiger partial charge in [-0.1, -0.05) is 24.3 Å². The lowest BCUT2D eigenvalue weighted by Crippen LogP contribution is -2.13. The first kappa shape index (κ1) is 17.7. The molecule has 0 spiro atoms. The molecule has 5 nitrogen and oxygen atoms in total. The van der Waals surface area contributed by atoms with E-state index in [9.17, 15) is 9.18 Å². The first-order valence-corrected chi connectivity index (χ1v) is 8.80. The van der Waals surface area contributed by atoms with Crippen LogP contribution in [0.5, 0.6) is 0 Å². The molecule has 4 rings (SSSR count). The number of pyridine rings is 1. The first-order valence-electron chi connectivity index (χ1n) is 8.80. The molecular formula is C22H18FN3O2. The summed E-state index contributed by atoms with van der Waals surface area (Å²) in [4.78, 5) is 15.9. The van der Waals surface area contributed by atoms with Gasteiger partial charge in [0.05, 0.1) is 17.5 Å². The van der Waals surface area contributed by atoms with Crippen LogP contribution in [0.4, 0.5) is 10.1 Å². The molecule has 140 valence electrons. The molecule has 1 amide bonds. The van der Waals surface area contributed by atoms with Crippen molar-refractivity contribution in [2.24, 2.45) is 0 Å². The lowest BCUT2D eigenvalue weighted by Gasteiger charge is -2.11. The summed E-state index contributed by atoms with van der Waals surface area (Å²) in [6, 6.07) is 15.0. The standard InChI is InChI=1S/C22H18FN3O2/c1-14-2-3-16(21-12-28-13-25-21)10-19(14)15-4-6-17(7-5-15)26-22(27)18-8-9-24-11-20(18)23/h2-12,25H,13H2,1H3,(H,26,27). The largest absolute Gasteiger partial charge is 0.479 e. The van der Waals surface area contributed by atoms with Gasteiger partial charge in [-0.3, -0.25) is 9.78 Å². The van der Waals surface area contributed by atoms with Crippen molar-refractivity contribution in [3.05, 3.63) is 89.7 Å². The van der Waals surface area contributed by atoms with Crippen LogP contribution in [0.2, 0.25) is 0 Å². The van der Waals surface area contributed by atoms with Crippen LogP contribution in [-0.4, -0.2) is 17.6 Å². The molecular weight excluding hydrogens is 357 g/mol. The Morgan fingerprint density at radius 3 is 2.64 bits per heavy atom. The number of benzene rings is 2. The molecule has 2 heterocycles. The van der Waals surface area contributed by atoms with Gasteiger partial charge in [0.15, 0.2) is 12.5 Å². The second-order valence-corrected chi connectivity index (χ2v) is 6.44. The van der Waals surface area contributed by atoms with Crippen LogP contribution in [0.25, 0.3) is 16.8 Å². The van der Waals surface area contributed by atoms with E-state index in [0.717, 1.165) is 34.1 Å². The van der Waals surface area contributed by atoms with Gasteiger partial charge in [0.25, 0.3) is 5.91 Å². The summed E-state index contributed by atoms with van der Waals surface area (Å²) in [5.41, 5.74) is 5.79. The minimum atomic E-state index is -0.650. The maximum Gasteiger partial charge on any atom is 0.258 e. The Kier molecular flexibility index (Phi) is 4.76. The fraction of sp³-hybridized carbons (Fsp3) is 0.0909. The predicted octanol–water partition coefficient (Wildman–Crippen LogP) is 4.32. The molecule has 0 fully saturated rings. The highest BCUT2D eigenvalue weighted by Crippen LogP contribution is 2.28. The second-order valence-electron chi connectivity index (χ2n) is 6.44. The summed E-state index contributed by atoms with van der Waals surface area (Å²) in [5, 5.41) is 5.88. The maximum atomic E-state index is 13.7. The molecule has 2 aromatic carbocycles. The van der Waals surface area contributed by atoms with Crippen LogP contribution in [0.15, 0.2) is 67.2 Å². The topological polar surface area (TPSA) is 63.2 Å². The van der Waals surface area contributed by atoms with E-state index in [4.69, 9.17) is 4.74 Å². The highest BCUT2D eigenvalue weighted by atomic mass is 19.1. The van der Waals surface area contributed by atoms with Gasteiger partial charge in [0.2, 0.25) is 0 Å². The molecule has 6 heteroatoms. The number of carbonyl (C=O) groups is 1. The molecule has 0 aliphatic carbocycles. The normalized spacial score (nSPS) is 12.7. The number of anilines is 1. The van der Waals surface area contributed by atoms with Crippen molar-refractivity contribution in [2.45, 2.75) is 6.92 Å². The van der Waals surface area contributed by atoms with E-state index in [1.54, 1.807) is 18.4 Å². The number of amides is 1. The Hall–Kier alpha value is -3.67. The van der Waals surface area contributed by atoms with Crippen LogP contribution in [0.3, 0.4) is 0 Å². The van der Waals surface area contributed by atoms with E-state index in [1.807, 2.05) is 25.1 Å². The highest BCUT2D eigenvalue weighted by molar-refractivity contribution is 6.04. The summed E-state index contributed by atoms with van der Waals surface area (Å²) in [6.07, 6.45) is 4.12. The Bertz CT molecular complexity index is 1060. The van der Waals surface area contributed by atoms with Crippen molar-refractivity contribution in [3.63, 3.8) is 0 Å². The third-order valence-electron chi connectivity index (χ3n) is 4.57. The molecule has 1 aliphatic rings. The van der Waals surface area contributed by atoms with Crippen molar-refractivity contribution in [1.82, 2.24) is 10.3 Å². The first-order chi connectivity index (χ1) is 13.6. The molecule has 0 unspecified atom stereocenters.